The fraction of sp³-hybridized carbons (Fsp3) is 0.423. The van der Waals surface area contributed by atoms with Crippen LogP contribution in [0.4, 0.5) is 11.5 Å². The Hall–Kier alpha value is -2.33. The van der Waals surface area contributed by atoms with Gasteiger partial charge in [-0.15, -0.1) is 11.3 Å². The molecule has 0 radical (unpaired) electrons. The molecule has 0 unspecified atom stereocenters. The summed E-state index contributed by atoms with van der Waals surface area (Å²) in [4.78, 5) is 31.0. The third-order valence-corrected chi connectivity index (χ3v) is 8.28. The molecule has 1 fully saturated rings. The standard InChI is InChI=1S/C26H31BrN6OS/c1-2-9-31-12-14-32(15-13-31)10-4-7-23(34)33-11-8-21-22(17-33)35-26-24(21)25(28-18-29-26)30-20-6-3-5-19(27)16-20/h3-7,16,18H,2,8-15,17H2,1H3,(H,28,29,30)/b7-4+. The largest absolute Gasteiger partial charge is 0.340 e. The minimum Gasteiger partial charge on any atom is -0.340 e. The van der Waals surface area contributed by atoms with Crippen molar-refractivity contribution in [2.75, 3.05) is 51.1 Å². The molecule has 0 aliphatic carbocycles. The molecule has 35 heavy (non-hydrogen) atoms. The number of fused-ring (bicyclic) bond motifs is 3. The van der Waals surface area contributed by atoms with Crippen LogP contribution in [0.25, 0.3) is 10.2 Å². The highest BCUT2D eigenvalue weighted by molar-refractivity contribution is 9.10. The number of nitrogens with one attached hydrogen (secondary N) is 1. The van der Waals surface area contributed by atoms with Crippen LogP contribution in [0.2, 0.25) is 0 Å². The number of hydrogen-bond acceptors (Lipinski definition) is 7. The predicted octanol–water partition coefficient (Wildman–Crippen LogP) is 4.67. The second-order valence-corrected chi connectivity index (χ2v) is 11.1. The van der Waals surface area contributed by atoms with Crippen molar-refractivity contribution in [1.29, 1.82) is 0 Å². The molecule has 3 aromatic rings. The normalized spacial score (nSPS) is 17.3. The number of carbonyl (C=O) groups is 1. The molecule has 1 aromatic carbocycles. The highest BCUT2D eigenvalue weighted by Crippen LogP contribution is 2.38. The lowest BCUT2D eigenvalue weighted by Crippen LogP contribution is -2.46. The van der Waals surface area contributed by atoms with Crippen molar-refractivity contribution in [1.82, 2.24) is 24.7 Å². The number of benzene rings is 1. The van der Waals surface area contributed by atoms with Crippen molar-refractivity contribution >= 4 is 54.9 Å². The first kappa shape index (κ1) is 24.4. The Bertz CT molecular complexity index is 1220. The van der Waals surface area contributed by atoms with E-state index in [4.69, 9.17) is 0 Å². The van der Waals surface area contributed by atoms with E-state index >= 15 is 0 Å². The van der Waals surface area contributed by atoms with E-state index in [-0.39, 0.29) is 5.91 Å². The second kappa shape index (κ2) is 11.2. The maximum absolute atomic E-state index is 12.9. The molecule has 2 aliphatic rings. The Labute approximate surface area is 219 Å². The van der Waals surface area contributed by atoms with E-state index < -0.39 is 0 Å². The van der Waals surface area contributed by atoms with Gasteiger partial charge in [0, 0.05) is 60.4 Å². The van der Waals surface area contributed by atoms with Crippen LogP contribution in [0.15, 0.2) is 47.2 Å². The van der Waals surface area contributed by atoms with Gasteiger partial charge in [-0.25, -0.2) is 9.97 Å². The Kier molecular flexibility index (Phi) is 7.77. The van der Waals surface area contributed by atoms with Crippen molar-refractivity contribution in [2.45, 2.75) is 26.3 Å². The first-order valence-corrected chi connectivity index (χ1v) is 13.9. The van der Waals surface area contributed by atoms with Crippen LogP contribution in [-0.4, -0.2) is 76.4 Å². The van der Waals surface area contributed by atoms with Crippen LogP contribution in [0.1, 0.15) is 23.8 Å². The average molecular weight is 556 g/mol. The molecule has 0 atom stereocenters. The van der Waals surface area contributed by atoms with Gasteiger partial charge in [-0.3, -0.25) is 9.69 Å². The van der Waals surface area contributed by atoms with Crippen LogP contribution >= 0.6 is 27.3 Å². The summed E-state index contributed by atoms with van der Waals surface area (Å²) in [6.45, 7) is 9.99. The van der Waals surface area contributed by atoms with Gasteiger partial charge in [-0.05, 0) is 43.1 Å². The molecule has 1 amide bonds. The smallest absolute Gasteiger partial charge is 0.246 e. The minimum atomic E-state index is 0.0938. The molecule has 1 N–H and O–H groups in total. The third-order valence-electron chi connectivity index (χ3n) is 6.66. The SMILES string of the molecule is CCCN1CCN(C/C=C/C(=O)N2CCc3c(sc4ncnc(Nc5cccc(Br)c5)c34)C2)CC1. The van der Waals surface area contributed by atoms with E-state index in [0.717, 1.165) is 65.3 Å². The van der Waals surface area contributed by atoms with Gasteiger partial charge in [0.25, 0.3) is 0 Å². The number of halogens is 1. The second-order valence-electron chi connectivity index (χ2n) is 9.10. The number of carbonyl (C=O) groups excluding carboxylic acids is 1. The average Bonchev–Trinajstić information content (AvgIpc) is 3.24. The minimum absolute atomic E-state index is 0.0938. The highest BCUT2D eigenvalue weighted by atomic mass is 79.9. The van der Waals surface area contributed by atoms with Gasteiger partial charge in [-0.2, -0.15) is 0 Å². The predicted molar refractivity (Wildman–Crippen MR) is 146 cm³/mol. The number of nitrogens with zero attached hydrogens (tertiary/aromatic N) is 5. The molecule has 1 saturated heterocycles. The zero-order valence-electron chi connectivity index (χ0n) is 20.0. The van der Waals surface area contributed by atoms with Crippen LogP contribution in [0.5, 0.6) is 0 Å². The quantitative estimate of drug-likeness (QED) is 0.428. The molecular weight excluding hydrogens is 524 g/mol. The van der Waals surface area contributed by atoms with Crippen LogP contribution in [0, 0.1) is 0 Å². The van der Waals surface area contributed by atoms with Crippen molar-refractivity contribution in [3.8, 4) is 0 Å². The Balaban J connectivity index is 1.23. The number of anilines is 2. The molecule has 2 aliphatic heterocycles. The van der Waals surface area contributed by atoms with Gasteiger partial charge >= 0.3 is 0 Å². The highest BCUT2D eigenvalue weighted by Gasteiger charge is 2.25. The fourth-order valence-corrected chi connectivity index (χ4v) is 6.44. The first-order chi connectivity index (χ1) is 17.1. The zero-order valence-corrected chi connectivity index (χ0v) is 22.4. The summed E-state index contributed by atoms with van der Waals surface area (Å²) >= 11 is 5.20. The third kappa shape index (κ3) is 5.74. The molecule has 2 aromatic heterocycles. The van der Waals surface area contributed by atoms with Gasteiger partial charge in [0.1, 0.15) is 17.0 Å². The van der Waals surface area contributed by atoms with Crippen LogP contribution < -0.4 is 5.32 Å². The summed E-state index contributed by atoms with van der Waals surface area (Å²) in [6.07, 6.45) is 7.43. The van der Waals surface area contributed by atoms with E-state index in [9.17, 15) is 4.79 Å². The number of hydrogen-bond donors (Lipinski definition) is 1. The van der Waals surface area contributed by atoms with E-state index in [1.54, 1.807) is 23.7 Å². The van der Waals surface area contributed by atoms with Crippen LogP contribution in [0.3, 0.4) is 0 Å². The summed E-state index contributed by atoms with van der Waals surface area (Å²) in [5, 5.41) is 4.53. The summed E-state index contributed by atoms with van der Waals surface area (Å²) < 4.78 is 1.01. The van der Waals surface area contributed by atoms with Crippen molar-refractivity contribution in [3.63, 3.8) is 0 Å². The van der Waals surface area contributed by atoms with Crippen molar-refractivity contribution < 1.29 is 4.79 Å². The van der Waals surface area contributed by atoms with E-state index in [1.807, 2.05) is 35.2 Å². The molecule has 184 valence electrons. The number of rotatable bonds is 7. The molecule has 0 saturated carbocycles. The topological polar surface area (TPSA) is 64.6 Å². The lowest BCUT2D eigenvalue weighted by Gasteiger charge is -2.33. The molecule has 4 heterocycles. The number of piperazine rings is 1. The van der Waals surface area contributed by atoms with Gasteiger partial charge in [0.15, 0.2) is 0 Å². The van der Waals surface area contributed by atoms with E-state index in [2.05, 4.69) is 47.9 Å². The Morgan fingerprint density at radius 3 is 2.80 bits per heavy atom. The molecule has 7 nitrogen and oxygen atoms in total. The number of aromatic nitrogens is 2. The maximum atomic E-state index is 12.9. The molecule has 5 rings (SSSR count). The summed E-state index contributed by atoms with van der Waals surface area (Å²) in [5.74, 6) is 0.917. The van der Waals surface area contributed by atoms with Gasteiger partial charge in [0.05, 0.1) is 11.9 Å². The first-order valence-electron chi connectivity index (χ1n) is 12.3. The van der Waals surface area contributed by atoms with Gasteiger partial charge < -0.3 is 15.1 Å². The van der Waals surface area contributed by atoms with Crippen molar-refractivity contribution in [3.05, 3.63) is 57.7 Å². The molecule has 0 bridgehead atoms. The molecular formula is C26H31BrN6OS. The lowest BCUT2D eigenvalue weighted by molar-refractivity contribution is -0.126. The van der Waals surface area contributed by atoms with E-state index in [1.165, 1.54) is 23.4 Å². The van der Waals surface area contributed by atoms with Crippen LogP contribution in [-0.2, 0) is 17.8 Å². The van der Waals surface area contributed by atoms with Crippen molar-refractivity contribution in [2.24, 2.45) is 0 Å². The molecule has 9 heteroatoms. The zero-order chi connectivity index (χ0) is 24.2. The Morgan fingerprint density at radius 2 is 2.00 bits per heavy atom. The van der Waals surface area contributed by atoms with E-state index in [0.29, 0.717) is 13.1 Å². The Morgan fingerprint density at radius 1 is 1.17 bits per heavy atom. The lowest BCUT2D eigenvalue weighted by atomic mass is 10.0. The fourth-order valence-electron chi connectivity index (χ4n) is 4.83. The van der Waals surface area contributed by atoms with Gasteiger partial charge in [-0.1, -0.05) is 35.0 Å². The van der Waals surface area contributed by atoms with Gasteiger partial charge in [0.2, 0.25) is 5.91 Å². The summed E-state index contributed by atoms with van der Waals surface area (Å²) in [6, 6.07) is 8.05. The maximum Gasteiger partial charge on any atom is 0.246 e. The monoisotopic (exact) mass is 554 g/mol. The summed E-state index contributed by atoms with van der Waals surface area (Å²) in [5.41, 5.74) is 2.24. The summed E-state index contributed by atoms with van der Waals surface area (Å²) in [7, 11) is 0. The number of thiophene rings is 1. The number of amides is 1. The molecule has 0 spiro atoms.